The average molecular weight is 1480 g/mol. The molecular formula is C81H120O24. The highest BCUT2D eigenvalue weighted by Crippen LogP contribution is 2.65. The van der Waals surface area contributed by atoms with Crippen molar-refractivity contribution < 1.29 is 114 Å². The van der Waals surface area contributed by atoms with Crippen LogP contribution in [-0.2, 0) is 114 Å². The zero-order valence-corrected chi connectivity index (χ0v) is 65.2. The summed E-state index contributed by atoms with van der Waals surface area (Å²) in [4.78, 5) is 141. The predicted octanol–water partition coefficient (Wildman–Crippen LogP) is 11.8. The second kappa shape index (κ2) is 32.4. The van der Waals surface area contributed by atoms with Gasteiger partial charge in [0.1, 0.15) is 72.2 Å². The second-order valence-electron chi connectivity index (χ2n) is 34.8. The summed E-state index contributed by atoms with van der Waals surface area (Å²) in [5.74, 6) is -0.228. The van der Waals surface area contributed by atoms with E-state index in [-0.39, 0.29) is 238 Å². The van der Waals surface area contributed by atoms with Gasteiger partial charge in [-0.25, -0.2) is 0 Å². The van der Waals surface area contributed by atoms with Crippen molar-refractivity contribution in [2.75, 3.05) is 0 Å². The Morgan fingerprint density at radius 2 is 0.933 bits per heavy atom. The number of rotatable bonds is 18. The molecule has 0 aromatic rings. The molecule has 14 bridgehead atoms. The number of fused-ring (bicyclic) bond motifs is 9. The SMILES string of the molecule is CCC(C)C(=O)OC1(C)C2CC3C(=O)OC1C3C2.CCC(C)C(=O)OC1(C)CCC2CC1OC2=O.CCC(C)C(=O)OC1C2CCC3C(C2)C(=O)OC31.CCC(C)C(=O)OC1C2OC(=O)C3CC1C(C)(C)C32.CCC(C)C(=O)OC1CCC2(C)CC1OC2=O.CCC(C)C(=O)OC1CCC2CC1OC2=O. The largest absolute Gasteiger partial charge is 0.458 e. The smallest absolute Gasteiger partial charge is 0.312 e. The van der Waals surface area contributed by atoms with E-state index >= 15 is 0 Å². The van der Waals surface area contributed by atoms with Crippen LogP contribution >= 0.6 is 0 Å². The maximum atomic E-state index is 12.0. The first-order chi connectivity index (χ1) is 49.5. The lowest BCUT2D eigenvalue weighted by Crippen LogP contribution is -2.50. The van der Waals surface area contributed by atoms with Gasteiger partial charge in [-0.3, -0.25) is 57.5 Å². The van der Waals surface area contributed by atoms with Crippen molar-refractivity contribution in [3.63, 3.8) is 0 Å². The Hall–Kier alpha value is -6.36. The summed E-state index contributed by atoms with van der Waals surface area (Å²) in [6.07, 6.45) is 14.7. The lowest BCUT2D eigenvalue weighted by Gasteiger charge is -2.44. The van der Waals surface area contributed by atoms with Crippen molar-refractivity contribution in [3.8, 4) is 0 Å². The molecule has 16 rings (SSSR count). The highest BCUT2D eigenvalue weighted by atomic mass is 16.6. The van der Waals surface area contributed by atoms with Crippen molar-refractivity contribution in [2.24, 2.45) is 111 Å². The molecule has 0 amide bonds. The quantitative estimate of drug-likeness (QED) is 0.0909. The third kappa shape index (κ3) is 16.2. The third-order valence-corrected chi connectivity index (χ3v) is 27.7. The standard InChI is InChI=1S/C15H22O4.2C14H20O4.2C13H20O4.C12H18O4/c1-5-7(2)13(16)18-11-9-6-8-10(15(9,3)4)12(11)19-14(8)17;1-4-7(2)12(15)18-14(3)8-5-9-10(6-8)13(16)17-11(9)14;1-3-7(2)13(15)17-11-8-4-5-9-10(6-8)14(16)18-12(9)11;1-4-8(2)11(14)16-9-5-6-13(3)7-10(9)17-12(13)15;1-4-8(2)11(14)17-13(3)6-5-9-7-10(13)16-12(9)15;1-3-7(2)11(13)15-9-5-4-8-6-10(9)16-12(8)14/h7-12H,5-6H2,1-4H3;7-11H,4-6H2,1-3H3;7-12H,3-6H2,1-2H3;2*8-10H,4-7H2,1-3H3;7-10H,3-6H2,1-2H3. The van der Waals surface area contributed by atoms with Crippen molar-refractivity contribution in [2.45, 2.75) is 325 Å². The van der Waals surface area contributed by atoms with Gasteiger partial charge in [-0.2, -0.15) is 0 Å². The highest BCUT2D eigenvalue weighted by molar-refractivity contribution is 5.82. The highest BCUT2D eigenvalue weighted by Gasteiger charge is 2.72. The molecule has 30 unspecified atom stereocenters. The lowest BCUT2D eigenvalue weighted by atomic mass is 9.63. The van der Waals surface area contributed by atoms with Crippen molar-refractivity contribution in [3.05, 3.63) is 0 Å². The molecule has 16 fully saturated rings. The van der Waals surface area contributed by atoms with E-state index < -0.39 is 11.2 Å². The minimum absolute atomic E-state index is 0.0235. The molecule has 0 N–H and O–H groups in total. The Balaban J connectivity index is 0.000000135. The monoisotopic (exact) mass is 1480 g/mol. The maximum absolute atomic E-state index is 12.0. The molecule has 6 heterocycles. The number of carbonyl (C=O) groups is 12. The minimum Gasteiger partial charge on any atom is -0.458 e. The second-order valence-corrected chi connectivity index (χ2v) is 34.8. The van der Waals surface area contributed by atoms with Crippen LogP contribution in [0, 0.1) is 111 Å². The zero-order chi connectivity index (χ0) is 76.9. The van der Waals surface area contributed by atoms with Crippen LogP contribution in [-0.4, -0.2) is 144 Å². The topological polar surface area (TPSA) is 316 Å². The average Bonchev–Trinajstić information content (AvgIpc) is 1.55. The van der Waals surface area contributed by atoms with Crippen LogP contribution in [0.15, 0.2) is 0 Å². The molecular weight excluding hydrogens is 1360 g/mol. The Kier molecular flexibility index (Phi) is 25.1. The summed E-state index contributed by atoms with van der Waals surface area (Å²) in [7, 11) is 0. The van der Waals surface area contributed by atoms with Crippen LogP contribution < -0.4 is 0 Å². The number of esters is 12. The molecule has 30 atom stereocenters. The lowest BCUT2D eigenvalue weighted by molar-refractivity contribution is -0.183. The van der Waals surface area contributed by atoms with Gasteiger partial charge >= 0.3 is 71.6 Å². The van der Waals surface area contributed by atoms with Crippen LogP contribution in [0.4, 0.5) is 0 Å². The van der Waals surface area contributed by atoms with E-state index in [4.69, 9.17) is 56.8 Å². The van der Waals surface area contributed by atoms with E-state index in [9.17, 15) is 57.5 Å². The summed E-state index contributed by atoms with van der Waals surface area (Å²) < 4.78 is 65.7. The van der Waals surface area contributed by atoms with E-state index in [1.807, 2.05) is 104 Å². The van der Waals surface area contributed by atoms with Crippen molar-refractivity contribution in [1.82, 2.24) is 0 Å². The Labute approximate surface area is 619 Å². The van der Waals surface area contributed by atoms with Gasteiger partial charge < -0.3 is 56.8 Å². The molecule has 105 heavy (non-hydrogen) atoms. The van der Waals surface area contributed by atoms with Crippen molar-refractivity contribution >= 4 is 71.6 Å². The van der Waals surface area contributed by atoms with E-state index in [1.165, 1.54) is 0 Å². The first kappa shape index (κ1) is 81.2. The normalized spacial score (nSPS) is 40.4. The molecule has 0 radical (unpaired) electrons. The summed E-state index contributed by atoms with van der Waals surface area (Å²) in [6.45, 7) is 33.1. The number of ether oxygens (including phenoxy) is 12. The van der Waals surface area contributed by atoms with Gasteiger partial charge in [0.15, 0.2) is 0 Å². The summed E-state index contributed by atoms with van der Waals surface area (Å²) in [5, 5.41) is 0. The molecule has 10 aliphatic carbocycles. The van der Waals surface area contributed by atoms with Gasteiger partial charge in [0.05, 0.1) is 70.5 Å². The molecule has 10 saturated carbocycles. The molecule has 6 saturated heterocycles. The molecule has 0 spiro atoms. The van der Waals surface area contributed by atoms with Crippen LogP contribution in [0.2, 0.25) is 0 Å². The fourth-order valence-electron chi connectivity index (χ4n) is 19.0. The molecule has 0 aromatic heterocycles. The van der Waals surface area contributed by atoms with Gasteiger partial charge in [-0.05, 0) is 142 Å². The minimum atomic E-state index is -0.622. The number of hydrogen-bond donors (Lipinski definition) is 0. The fraction of sp³-hybridized carbons (Fsp3) is 0.852. The van der Waals surface area contributed by atoms with Crippen LogP contribution in [0.3, 0.4) is 0 Å². The summed E-state index contributed by atoms with van der Waals surface area (Å²) in [5.41, 5.74) is -1.52. The summed E-state index contributed by atoms with van der Waals surface area (Å²) in [6, 6.07) is 0. The number of hydrogen-bond acceptors (Lipinski definition) is 24. The van der Waals surface area contributed by atoms with E-state index in [2.05, 4.69) is 13.8 Å². The molecule has 16 aliphatic rings. The van der Waals surface area contributed by atoms with Crippen LogP contribution in [0.5, 0.6) is 0 Å². The fourth-order valence-corrected chi connectivity index (χ4v) is 19.0. The first-order valence-corrected chi connectivity index (χ1v) is 40.0. The summed E-state index contributed by atoms with van der Waals surface area (Å²) >= 11 is 0. The Bertz CT molecular complexity index is 3270. The molecule has 24 nitrogen and oxygen atoms in total. The van der Waals surface area contributed by atoms with Gasteiger partial charge in [-0.1, -0.05) is 96.9 Å². The molecule has 6 aliphatic heterocycles. The van der Waals surface area contributed by atoms with Gasteiger partial charge in [0, 0.05) is 54.8 Å². The number of carbonyl (C=O) groups excluding carboxylic acids is 12. The first-order valence-electron chi connectivity index (χ1n) is 40.0. The van der Waals surface area contributed by atoms with Gasteiger partial charge in [0.25, 0.3) is 0 Å². The Morgan fingerprint density at radius 1 is 0.429 bits per heavy atom. The van der Waals surface area contributed by atoms with Crippen LogP contribution in [0.1, 0.15) is 253 Å². The molecule has 588 valence electrons. The Morgan fingerprint density at radius 3 is 1.53 bits per heavy atom. The van der Waals surface area contributed by atoms with Gasteiger partial charge in [0.2, 0.25) is 0 Å². The van der Waals surface area contributed by atoms with E-state index in [1.54, 1.807) is 0 Å². The van der Waals surface area contributed by atoms with Crippen molar-refractivity contribution in [1.29, 1.82) is 0 Å². The maximum Gasteiger partial charge on any atom is 0.312 e. The third-order valence-electron chi connectivity index (χ3n) is 27.7. The van der Waals surface area contributed by atoms with Crippen LogP contribution in [0.25, 0.3) is 0 Å². The molecule has 0 aromatic carbocycles. The van der Waals surface area contributed by atoms with E-state index in [0.29, 0.717) is 18.8 Å². The predicted molar refractivity (Wildman–Crippen MR) is 374 cm³/mol. The van der Waals surface area contributed by atoms with Gasteiger partial charge in [-0.15, -0.1) is 0 Å². The molecule has 24 heteroatoms. The van der Waals surface area contributed by atoms with E-state index in [0.717, 1.165) is 122 Å². The zero-order valence-electron chi connectivity index (χ0n) is 65.2.